The van der Waals surface area contributed by atoms with Crippen LogP contribution in [0.2, 0.25) is 0 Å². The number of hydrogen-bond donors (Lipinski definition) is 1. The molecular formula is C13H17BrN4O2. The number of aromatic nitrogens is 2. The molecule has 1 aliphatic heterocycles. The Balaban J connectivity index is 1.63. The number of halogens is 1. The van der Waals surface area contributed by atoms with Crippen molar-refractivity contribution in [3.63, 3.8) is 0 Å². The highest BCUT2D eigenvalue weighted by Crippen LogP contribution is 2.25. The van der Waals surface area contributed by atoms with Crippen molar-refractivity contribution in [1.29, 1.82) is 0 Å². The van der Waals surface area contributed by atoms with Crippen LogP contribution in [0.3, 0.4) is 0 Å². The van der Waals surface area contributed by atoms with Gasteiger partial charge in [0.25, 0.3) is 5.89 Å². The molecule has 0 radical (unpaired) electrons. The monoisotopic (exact) mass is 340 g/mol. The topological polar surface area (TPSA) is 81.3 Å². The minimum absolute atomic E-state index is 0.235. The maximum absolute atomic E-state index is 5.94. The van der Waals surface area contributed by atoms with E-state index in [4.69, 9.17) is 14.6 Å². The van der Waals surface area contributed by atoms with Gasteiger partial charge in [0.05, 0.1) is 6.54 Å². The average Bonchev–Trinajstić information content (AvgIpc) is 3.09. The molecule has 108 valence electrons. The fraction of sp³-hybridized carbons (Fsp3) is 0.538. The highest BCUT2D eigenvalue weighted by atomic mass is 79.9. The van der Waals surface area contributed by atoms with Crippen LogP contribution in [0, 0.1) is 5.92 Å². The van der Waals surface area contributed by atoms with Gasteiger partial charge in [-0.3, -0.25) is 4.90 Å². The summed E-state index contributed by atoms with van der Waals surface area (Å²) in [5, 5.41) is 8.08. The molecule has 0 bridgehead atoms. The zero-order valence-corrected chi connectivity index (χ0v) is 12.8. The highest BCUT2D eigenvalue weighted by molar-refractivity contribution is 9.10. The third kappa shape index (κ3) is 2.94. The first-order valence-corrected chi connectivity index (χ1v) is 7.47. The Morgan fingerprint density at radius 3 is 2.95 bits per heavy atom. The Bertz CT molecular complexity index is 580. The van der Waals surface area contributed by atoms with Gasteiger partial charge in [-0.2, -0.15) is 0 Å². The van der Waals surface area contributed by atoms with E-state index in [1.54, 1.807) is 12.1 Å². The molecule has 2 aromatic heterocycles. The third-order valence-electron chi connectivity index (χ3n) is 3.66. The van der Waals surface area contributed by atoms with Crippen molar-refractivity contribution < 1.29 is 8.83 Å². The van der Waals surface area contributed by atoms with Crippen LogP contribution in [0.25, 0.3) is 11.7 Å². The Morgan fingerprint density at radius 2 is 2.30 bits per heavy atom. The van der Waals surface area contributed by atoms with Crippen molar-refractivity contribution in [3.05, 3.63) is 22.7 Å². The van der Waals surface area contributed by atoms with E-state index in [0.717, 1.165) is 19.5 Å². The first-order valence-electron chi connectivity index (χ1n) is 6.68. The van der Waals surface area contributed by atoms with E-state index in [9.17, 15) is 0 Å². The van der Waals surface area contributed by atoms with Crippen LogP contribution in [0.5, 0.6) is 0 Å². The second-order valence-corrected chi connectivity index (χ2v) is 6.03. The van der Waals surface area contributed by atoms with Gasteiger partial charge in [-0.05, 0) is 53.9 Å². The van der Waals surface area contributed by atoms with Gasteiger partial charge in [-0.15, -0.1) is 10.2 Å². The molecular weight excluding hydrogens is 324 g/mol. The Kier molecular flexibility index (Phi) is 3.91. The van der Waals surface area contributed by atoms with E-state index in [-0.39, 0.29) is 6.04 Å². The van der Waals surface area contributed by atoms with E-state index in [0.29, 0.717) is 34.7 Å². The Morgan fingerprint density at radius 1 is 1.45 bits per heavy atom. The molecule has 0 saturated carbocycles. The van der Waals surface area contributed by atoms with Gasteiger partial charge >= 0.3 is 0 Å². The average molecular weight is 341 g/mol. The van der Waals surface area contributed by atoms with Gasteiger partial charge in [0.2, 0.25) is 5.89 Å². The molecule has 2 unspecified atom stereocenters. The lowest BCUT2D eigenvalue weighted by atomic mass is 10.0. The second-order valence-electron chi connectivity index (χ2n) is 5.25. The van der Waals surface area contributed by atoms with Gasteiger partial charge in [0, 0.05) is 12.6 Å². The van der Waals surface area contributed by atoms with Crippen LogP contribution in [0.1, 0.15) is 19.2 Å². The SMILES string of the molecule is CC(N)C1CCN(Cc2nnc(-c3ccc(Br)o3)o2)C1. The predicted octanol–water partition coefficient (Wildman–Crippen LogP) is 2.26. The van der Waals surface area contributed by atoms with E-state index in [1.807, 2.05) is 0 Å². The van der Waals surface area contributed by atoms with E-state index < -0.39 is 0 Å². The van der Waals surface area contributed by atoms with Crippen LogP contribution in [0.4, 0.5) is 0 Å². The normalized spacial score (nSPS) is 21.4. The van der Waals surface area contributed by atoms with Gasteiger partial charge in [0.1, 0.15) is 0 Å². The molecule has 0 aromatic carbocycles. The first-order chi connectivity index (χ1) is 9.61. The summed E-state index contributed by atoms with van der Waals surface area (Å²) in [5.41, 5.74) is 5.94. The summed E-state index contributed by atoms with van der Waals surface area (Å²) in [6, 6.07) is 3.83. The zero-order valence-electron chi connectivity index (χ0n) is 11.3. The minimum Gasteiger partial charge on any atom is -0.444 e. The largest absolute Gasteiger partial charge is 0.444 e. The number of rotatable bonds is 4. The molecule has 0 amide bonds. The molecule has 7 heteroatoms. The van der Waals surface area contributed by atoms with Crippen LogP contribution < -0.4 is 5.73 Å². The fourth-order valence-electron chi connectivity index (χ4n) is 2.47. The van der Waals surface area contributed by atoms with Crippen molar-refractivity contribution in [3.8, 4) is 11.7 Å². The minimum atomic E-state index is 0.235. The summed E-state index contributed by atoms with van der Waals surface area (Å²) < 4.78 is 11.7. The van der Waals surface area contributed by atoms with E-state index in [2.05, 4.69) is 38.0 Å². The summed E-state index contributed by atoms with van der Waals surface area (Å²) in [6.45, 7) is 4.74. The molecule has 6 nitrogen and oxygen atoms in total. The summed E-state index contributed by atoms with van der Waals surface area (Å²) >= 11 is 3.25. The molecule has 1 saturated heterocycles. The van der Waals surface area contributed by atoms with Gasteiger partial charge in [0.15, 0.2) is 10.4 Å². The number of furan rings is 1. The molecule has 2 N–H and O–H groups in total. The standard InChI is InChI=1S/C13H17BrN4O2/c1-8(15)9-4-5-18(6-9)7-12-16-17-13(20-12)10-2-3-11(14)19-10/h2-3,8-9H,4-7,15H2,1H3. The second kappa shape index (κ2) is 5.67. The molecule has 1 fully saturated rings. The predicted molar refractivity (Wildman–Crippen MR) is 76.7 cm³/mol. The van der Waals surface area contributed by atoms with Crippen LogP contribution in [-0.4, -0.2) is 34.2 Å². The molecule has 2 atom stereocenters. The lowest BCUT2D eigenvalue weighted by Gasteiger charge is -2.15. The summed E-state index contributed by atoms with van der Waals surface area (Å²) in [4.78, 5) is 2.30. The maximum atomic E-state index is 5.94. The molecule has 0 spiro atoms. The van der Waals surface area contributed by atoms with Crippen molar-refractivity contribution in [2.75, 3.05) is 13.1 Å². The number of likely N-dealkylation sites (tertiary alicyclic amines) is 1. The summed E-state index contributed by atoms with van der Waals surface area (Å²) in [6.07, 6.45) is 1.13. The summed E-state index contributed by atoms with van der Waals surface area (Å²) in [5.74, 6) is 2.15. The number of hydrogen-bond acceptors (Lipinski definition) is 6. The summed E-state index contributed by atoms with van der Waals surface area (Å²) in [7, 11) is 0. The van der Waals surface area contributed by atoms with Crippen LogP contribution in [-0.2, 0) is 6.54 Å². The molecule has 3 heterocycles. The molecule has 0 aliphatic carbocycles. The molecule has 20 heavy (non-hydrogen) atoms. The van der Waals surface area contributed by atoms with Crippen molar-refractivity contribution in [1.82, 2.24) is 15.1 Å². The van der Waals surface area contributed by atoms with Crippen molar-refractivity contribution in [2.24, 2.45) is 11.7 Å². The van der Waals surface area contributed by atoms with Crippen molar-refractivity contribution >= 4 is 15.9 Å². The first kappa shape index (κ1) is 13.8. The van der Waals surface area contributed by atoms with Crippen molar-refractivity contribution in [2.45, 2.75) is 25.9 Å². The third-order valence-corrected chi connectivity index (χ3v) is 4.09. The van der Waals surface area contributed by atoms with Gasteiger partial charge in [-0.25, -0.2) is 0 Å². The van der Waals surface area contributed by atoms with Gasteiger partial charge in [-0.1, -0.05) is 0 Å². The van der Waals surface area contributed by atoms with E-state index in [1.165, 1.54) is 0 Å². The highest BCUT2D eigenvalue weighted by Gasteiger charge is 2.26. The molecule has 2 aromatic rings. The number of nitrogens with two attached hydrogens (primary N) is 1. The fourth-order valence-corrected chi connectivity index (χ4v) is 2.78. The van der Waals surface area contributed by atoms with E-state index >= 15 is 0 Å². The lowest BCUT2D eigenvalue weighted by Crippen LogP contribution is -2.29. The quantitative estimate of drug-likeness (QED) is 0.919. The maximum Gasteiger partial charge on any atom is 0.283 e. The number of nitrogens with zero attached hydrogens (tertiary/aromatic N) is 3. The van der Waals surface area contributed by atoms with Crippen LogP contribution >= 0.6 is 15.9 Å². The van der Waals surface area contributed by atoms with Gasteiger partial charge < -0.3 is 14.6 Å². The lowest BCUT2D eigenvalue weighted by molar-refractivity contribution is 0.276. The molecule has 1 aliphatic rings. The molecule has 3 rings (SSSR count). The zero-order chi connectivity index (χ0) is 14.1. The van der Waals surface area contributed by atoms with Crippen LogP contribution in [0.15, 0.2) is 25.6 Å². The Labute approximate surface area is 125 Å². The smallest absolute Gasteiger partial charge is 0.283 e. The Hall–Kier alpha value is -1.18.